The van der Waals surface area contributed by atoms with Crippen molar-refractivity contribution in [3.05, 3.63) is 80.8 Å². The van der Waals surface area contributed by atoms with Crippen molar-refractivity contribution in [2.45, 2.75) is 33.4 Å². The molecule has 0 aliphatic carbocycles. The minimum absolute atomic E-state index is 0.0448. The highest BCUT2D eigenvalue weighted by atomic mass is 16.1. The molecule has 27 heavy (non-hydrogen) atoms. The molecule has 0 saturated carbocycles. The van der Waals surface area contributed by atoms with Gasteiger partial charge < -0.3 is 10.7 Å². The van der Waals surface area contributed by atoms with Crippen molar-refractivity contribution in [2.24, 2.45) is 0 Å². The van der Waals surface area contributed by atoms with Crippen LogP contribution in [0.2, 0.25) is 0 Å². The van der Waals surface area contributed by atoms with E-state index in [2.05, 4.69) is 41.9 Å². The lowest BCUT2D eigenvalue weighted by Crippen LogP contribution is -2.35. The smallest absolute Gasteiger partial charge is 0.255 e. The van der Waals surface area contributed by atoms with E-state index in [1.165, 1.54) is 16.7 Å². The molecule has 4 rings (SSSR count). The number of anilines is 1. The molecule has 5 nitrogen and oxygen atoms in total. The fourth-order valence-electron chi connectivity index (χ4n) is 3.55. The van der Waals surface area contributed by atoms with Crippen LogP contribution in [0.15, 0.2) is 47.3 Å². The zero-order chi connectivity index (χ0) is 19.0. The predicted molar refractivity (Wildman–Crippen MR) is 108 cm³/mol. The third-order valence-electron chi connectivity index (χ3n) is 5.31. The van der Waals surface area contributed by atoms with Crippen LogP contribution in [-0.4, -0.2) is 21.4 Å². The number of nitrogen functional groups attached to an aromatic ring is 1. The molecule has 0 saturated heterocycles. The number of benzene rings is 2. The van der Waals surface area contributed by atoms with Gasteiger partial charge in [0.2, 0.25) is 0 Å². The molecule has 0 bridgehead atoms. The number of hydrogen-bond acceptors (Lipinski definition) is 4. The summed E-state index contributed by atoms with van der Waals surface area (Å²) < 4.78 is 0. The van der Waals surface area contributed by atoms with Crippen molar-refractivity contribution in [1.82, 2.24) is 14.9 Å². The summed E-state index contributed by atoms with van der Waals surface area (Å²) in [5.74, 6) is 0.612. The van der Waals surface area contributed by atoms with E-state index < -0.39 is 0 Å². The maximum Gasteiger partial charge on any atom is 0.255 e. The zero-order valence-electron chi connectivity index (χ0n) is 15.7. The maximum absolute atomic E-state index is 12.7. The highest BCUT2D eigenvalue weighted by molar-refractivity contribution is 5.58. The van der Waals surface area contributed by atoms with Gasteiger partial charge in [-0.25, -0.2) is 4.98 Å². The van der Waals surface area contributed by atoms with Crippen molar-refractivity contribution in [2.75, 3.05) is 12.3 Å². The molecule has 1 aliphatic heterocycles. The quantitative estimate of drug-likeness (QED) is 0.704. The molecule has 0 fully saturated rings. The number of aromatic nitrogens is 2. The van der Waals surface area contributed by atoms with E-state index in [1.54, 1.807) is 0 Å². The Bertz CT molecular complexity index is 1040. The fraction of sp³-hybridized carbons (Fsp3) is 0.273. The van der Waals surface area contributed by atoms with Crippen molar-refractivity contribution >= 4 is 5.69 Å². The van der Waals surface area contributed by atoms with Crippen LogP contribution in [0.4, 0.5) is 5.69 Å². The Morgan fingerprint density at radius 1 is 1.11 bits per heavy atom. The second-order valence-corrected chi connectivity index (χ2v) is 7.34. The number of nitrogens with one attached hydrogen (secondary N) is 1. The average molecular weight is 360 g/mol. The first-order valence-corrected chi connectivity index (χ1v) is 9.26. The molecule has 0 amide bonds. The van der Waals surface area contributed by atoms with Gasteiger partial charge in [-0.1, -0.05) is 18.2 Å². The van der Waals surface area contributed by atoms with Crippen molar-refractivity contribution in [3.63, 3.8) is 0 Å². The summed E-state index contributed by atoms with van der Waals surface area (Å²) in [4.78, 5) is 22.6. The van der Waals surface area contributed by atoms with Gasteiger partial charge in [-0.15, -0.1) is 0 Å². The summed E-state index contributed by atoms with van der Waals surface area (Å²) in [6.45, 7) is 6.64. The first-order valence-electron chi connectivity index (χ1n) is 9.26. The highest BCUT2D eigenvalue weighted by Gasteiger charge is 2.21. The van der Waals surface area contributed by atoms with Crippen LogP contribution in [0.1, 0.15) is 27.9 Å². The monoisotopic (exact) mass is 360 g/mol. The van der Waals surface area contributed by atoms with Crippen LogP contribution < -0.4 is 11.3 Å². The van der Waals surface area contributed by atoms with Crippen LogP contribution in [-0.2, 0) is 19.5 Å². The van der Waals surface area contributed by atoms with E-state index in [-0.39, 0.29) is 5.56 Å². The molecular formula is C22H24N4O. The second-order valence-electron chi connectivity index (χ2n) is 7.34. The Balaban J connectivity index is 1.57. The largest absolute Gasteiger partial charge is 0.399 e. The molecule has 2 aromatic carbocycles. The minimum atomic E-state index is -0.0448. The molecule has 0 radical (unpaired) electrons. The summed E-state index contributed by atoms with van der Waals surface area (Å²) in [6, 6.07) is 14.0. The fourth-order valence-corrected chi connectivity index (χ4v) is 3.55. The molecule has 0 unspecified atom stereocenters. The maximum atomic E-state index is 12.7. The molecule has 0 spiro atoms. The molecule has 0 atom stereocenters. The molecule has 2 heterocycles. The van der Waals surface area contributed by atoms with E-state index in [1.807, 2.05) is 24.3 Å². The van der Waals surface area contributed by atoms with E-state index >= 15 is 0 Å². The Hall–Kier alpha value is -2.92. The SMILES string of the molecule is Cc1ccc(CN2CCc3nc(-c4ccc(N)cc4)[nH]c(=O)c3C2)cc1C. The highest BCUT2D eigenvalue weighted by Crippen LogP contribution is 2.21. The number of H-pyrrole nitrogens is 1. The van der Waals surface area contributed by atoms with E-state index in [4.69, 9.17) is 10.7 Å². The summed E-state index contributed by atoms with van der Waals surface area (Å²) in [5, 5.41) is 0. The van der Waals surface area contributed by atoms with Gasteiger partial charge in [0, 0.05) is 37.3 Å². The Kier molecular flexibility index (Phi) is 4.54. The molecule has 3 aromatic rings. The zero-order valence-corrected chi connectivity index (χ0v) is 15.7. The van der Waals surface area contributed by atoms with Crippen LogP contribution in [0.3, 0.4) is 0 Å². The summed E-state index contributed by atoms with van der Waals surface area (Å²) in [7, 11) is 0. The molecule has 1 aliphatic rings. The number of aryl methyl sites for hydroxylation is 2. The van der Waals surface area contributed by atoms with E-state index in [9.17, 15) is 4.79 Å². The van der Waals surface area contributed by atoms with Crippen molar-refractivity contribution in [1.29, 1.82) is 0 Å². The number of aromatic amines is 1. The summed E-state index contributed by atoms with van der Waals surface area (Å²) >= 11 is 0. The van der Waals surface area contributed by atoms with Gasteiger partial charge in [0.05, 0.1) is 11.3 Å². The molecule has 5 heteroatoms. The normalized spacial score (nSPS) is 14.1. The lowest BCUT2D eigenvalue weighted by atomic mass is 10.0. The first kappa shape index (κ1) is 17.5. The molecule has 3 N–H and O–H groups in total. The second kappa shape index (κ2) is 7.00. The number of fused-ring (bicyclic) bond motifs is 1. The van der Waals surface area contributed by atoms with Gasteiger partial charge in [-0.2, -0.15) is 0 Å². The topological polar surface area (TPSA) is 75.0 Å². The van der Waals surface area contributed by atoms with Crippen LogP contribution in [0.5, 0.6) is 0 Å². The standard InChI is InChI=1S/C22H24N4O/c1-14-3-4-16(11-15(14)2)12-26-10-9-20-19(13-26)22(27)25-21(24-20)17-5-7-18(23)8-6-17/h3-8,11H,9-10,12-13,23H2,1-2H3,(H,24,25,27). The van der Waals surface area contributed by atoms with Crippen LogP contribution >= 0.6 is 0 Å². The van der Waals surface area contributed by atoms with Crippen LogP contribution in [0, 0.1) is 13.8 Å². The van der Waals surface area contributed by atoms with Gasteiger partial charge in [0.1, 0.15) is 5.82 Å². The van der Waals surface area contributed by atoms with E-state index in [0.717, 1.165) is 36.3 Å². The lowest BCUT2D eigenvalue weighted by Gasteiger charge is -2.28. The number of rotatable bonds is 3. The minimum Gasteiger partial charge on any atom is -0.399 e. The van der Waals surface area contributed by atoms with Gasteiger partial charge in [-0.05, 0) is 54.8 Å². The van der Waals surface area contributed by atoms with E-state index in [0.29, 0.717) is 18.1 Å². The van der Waals surface area contributed by atoms with Gasteiger partial charge >= 0.3 is 0 Å². The molecule has 1 aromatic heterocycles. The summed E-state index contributed by atoms with van der Waals surface area (Å²) in [5.41, 5.74) is 12.8. The third kappa shape index (κ3) is 3.64. The van der Waals surface area contributed by atoms with Gasteiger partial charge in [0.25, 0.3) is 5.56 Å². The number of nitrogens with zero attached hydrogens (tertiary/aromatic N) is 2. The number of hydrogen-bond donors (Lipinski definition) is 2. The van der Waals surface area contributed by atoms with Crippen molar-refractivity contribution in [3.8, 4) is 11.4 Å². The van der Waals surface area contributed by atoms with Gasteiger partial charge in [-0.3, -0.25) is 9.69 Å². The van der Waals surface area contributed by atoms with Gasteiger partial charge in [0.15, 0.2) is 0 Å². The Labute approximate surface area is 158 Å². The lowest BCUT2D eigenvalue weighted by molar-refractivity contribution is 0.242. The predicted octanol–water partition coefficient (Wildman–Crippen LogP) is 3.19. The molecule has 138 valence electrons. The Morgan fingerprint density at radius 3 is 2.63 bits per heavy atom. The van der Waals surface area contributed by atoms with Crippen molar-refractivity contribution < 1.29 is 0 Å². The average Bonchev–Trinajstić information content (AvgIpc) is 2.66. The first-order chi connectivity index (χ1) is 13.0. The third-order valence-corrected chi connectivity index (χ3v) is 5.31. The Morgan fingerprint density at radius 2 is 1.89 bits per heavy atom. The van der Waals surface area contributed by atoms with Crippen LogP contribution in [0.25, 0.3) is 11.4 Å². The molecular weight excluding hydrogens is 336 g/mol. The summed E-state index contributed by atoms with van der Waals surface area (Å²) in [6.07, 6.45) is 0.784. The number of nitrogens with two attached hydrogens (primary N) is 1.